The predicted octanol–water partition coefficient (Wildman–Crippen LogP) is 2.30. The summed E-state index contributed by atoms with van der Waals surface area (Å²) >= 11 is 0. The molecule has 0 bridgehead atoms. The molecule has 3 rings (SSSR count). The summed E-state index contributed by atoms with van der Waals surface area (Å²) in [4.78, 5) is 4.40. The largest absolute Gasteiger partial charge is 0.335 e. The van der Waals surface area contributed by atoms with Crippen LogP contribution in [0.3, 0.4) is 0 Å². The van der Waals surface area contributed by atoms with E-state index in [0.717, 1.165) is 19.5 Å². The summed E-state index contributed by atoms with van der Waals surface area (Å²) in [7, 11) is 0. The van der Waals surface area contributed by atoms with E-state index < -0.39 is 0 Å². The second-order valence-corrected chi connectivity index (χ2v) is 5.09. The minimum Gasteiger partial charge on any atom is -0.335 e. The van der Waals surface area contributed by atoms with Crippen LogP contribution < -0.4 is 5.32 Å². The maximum absolute atomic E-state index is 4.40. The highest BCUT2D eigenvalue weighted by atomic mass is 15.1. The van der Waals surface area contributed by atoms with Crippen molar-refractivity contribution in [1.82, 2.24) is 14.9 Å². The average molecular weight is 241 g/mol. The molecule has 3 nitrogen and oxygen atoms in total. The van der Waals surface area contributed by atoms with E-state index in [1.165, 1.54) is 23.4 Å². The van der Waals surface area contributed by atoms with Gasteiger partial charge in [-0.3, -0.25) is 0 Å². The lowest BCUT2D eigenvalue weighted by Crippen LogP contribution is -2.36. The highest BCUT2D eigenvalue weighted by Gasteiger charge is 2.18. The fourth-order valence-corrected chi connectivity index (χ4v) is 2.49. The number of nitrogens with one attached hydrogen (secondary N) is 1. The van der Waals surface area contributed by atoms with Gasteiger partial charge in [0.25, 0.3) is 0 Å². The lowest BCUT2D eigenvalue weighted by atomic mass is 10.1. The molecule has 1 N–H and O–H groups in total. The number of hydrogen-bond acceptors (Lipinski definition) is 2. The molecule has 0 saturated heterocycles. The van der Waals surface area contributed by atoms with Crippen LogP contribution in [-0.2, 0) is 19.5 Å². The zero-order valence-electron chi connectivity index (χ0n) is 10.8. The molecule has 94 valence electrons. The van der Waals surface area contributed by atoms with Gasteiger partial charge in [-0.25, -0.2) is 4.98 Å². The van der Waals surface area contributed by atoms with Crippen molar-refractivity contribution in [3.63, 3.8) is 0 Å². The van der Waals surface area contributed by atoms with Gasteiger partial charge in [0.15, 0.2) is 0 Å². The number of aromatic nitrogens is 2. The normalized spacial score (nSPS) is 18.6. The molecule has 1 atom stereocenters. The van der Waals surface area contributed by atoms with E-state index in [9.17, 15) is 0 Å². The van der Waals surface area contributed by atoms with Crippen LogP contribution in [0.1, 0.15) is 23.4 Å². The molecule has 0 amide bonds. The Morgan fingerprint density at radius 3 is 3.00 bits per heavy atom. The number of nitrogens with zero attached hydrogens (tertiary/aromatic N) is 2. The monoisotopic (exact) mass is 241 g/mol. The summed E-state index contributed by atoms with van der Waals surface area (Å²) in [5.74, 6) is 1.21. The molecule has 0 radical (unpaired) electrons. The number of rotatable bonds is 3. The molecular formula is C15H19N3. The minimum absolute atomic E-state index is 0.557. The predicted molar refractivity (Wildman–Crippen MR) is 72.4 cm³/mol. The maximum atomic E-state index is 4.40. The summed E-state index contributed by atoms with van der Waals surface area (Å²) in [5.41, 5.74) is 2.67. The van der Waals surface area contributed by atoms with Crippen LogP contribution in [0, 0.1) is 6.92 Å². The summed E-state index contributed by atoms with van der Waals surface area (Å²) in [6.45, 7) is 4.16. The number of fused-ring (bicyclic) bond motifs is 1. The quantitative estimate of drug-likeness (QED) is 0.893. The van der Waals surface area contributed by atoms with Gasteiger partial charge >= 0.3 is 0 Å². The van der Waals surface area contributed by atoms with Gasteiger partial charge in [-0.2, -0.15) is 0 Å². The molecule has 18 heavy (non-hydrogen) atoms. The number of benzene rings is 1. The number of imidazole rings is 1. The zero-order valence-corrected chi connectivity index (χ0v) is 10.8. The van der Waals surface area contributed by atoms with E-state index in [2.05, 4.69) is 52.3 Å². The molecule has 0 spiro atoms. The standard InChI is InChI=1S/C15H19N3/c1-12-2-4-13(5-3-12)11-17-14-6-8-18-9-7-16-15(18)10-14/h2-5,7,9,14,17H,6,8,10-11H2,1H3. The van der Waals surface area contributed by atoms with E-state index in [0.29, 0.717) is 6.04 Å². The van der Waals surface area contributed by atoms with Crippen LogP contribution in [0.5, 0.6) is 0 Å². The Kier molecular flexibility index (Phi) is 3.15. The van der Waals surface area contributed by atoms with Crippen molar-refractivity contribution < 1.29 is 0 Å². The first-order valence-corrected chi connectivity index (χ1v) is 6.60. The van der Waals surface area contributed by atoms with Gasteiger partial charge < -0.3 is 9.88 Å². The number of aryl methyl sites for hydroxylation is 2. The van der Waals surface area contributed by atoms with Crippen LogP contribution in [0.4, 0.5) is 0 Å². The van der Waals surface area contributed by atoms with Crippen molar-refractivity contribution >= 4 is 0 Å². The Hall–Kier alpha value is -1.61. The number of hydrogen-bond donors (Lipinski definition) is 1. The van der Waals surface area contributed by atoms with Crippen molar-refractivity contribution in [2.45, 2.75) is 38.9 Å². The van der Waals surface area contributed by atoms with Gasteiger partial charge in [-0.05, 0) is 18.9 Å². The zero-order chi connectivity index (χ0) is 12.4. The average Bonchev–Trinajstić information content (AvgIpc) is 2.85. The van der Waals surface area contributed by atoms with Crippen molar-refractivity contribution in [2.75, 3.05) is 0 Å². The van der Waals surface area contributed by atoms with Crippen molar-refractivity contribution in [1.29, 1.82) is 0 Å². The Balaban J connectivity index is 1.57. The molecule has 1 unspecified atom stereocenters. The molecule has 1 aromatic heterocycles. The lowest BCUT2D eigenvalue weighted by Gasteiger charge is -2.24. The molecule has 2 heterocycles. The van der Waals surface area contributed by atoms with Gasteiger partial charge in [-0.1, -0.05) is 29.8 Å². The van der Waals surface area contributed by atoms with Gasteiger partial charge in [0, 0.05) is 37.9 Å². The third kappa shape index (κ3) is 2.46. The molecule has 2 aromatic rings. The third-order valence-electron chi connectivity index (χ3n) is 3.66. The van der Waals surface area contributed by atoms with Crippen molar-refractivity contribution in [3.05, 3.63) is 53.6 Å². The van der Waals surface area contributed by atoms with Gasteiger partial charge in [0.2, 0.25) is 0 Å². The van der Waals surface area contributed by atoms with E-state index in [1.807, 2.05) is 6.20 Å². The topological polar surface area (TPSA) is 29.9 Å². The van der Waals surface area contributed by atoms with Crippen LogP contribution in [0.25, 0.3) is 0 Å². The molecule has 1 aromatic carbocycles. The Bertz CT molecular complexity index is 513. The molecular weight excluding hydrogens is 222 g/mol. The third-order valence-corrected chi connectivity index (χ3v) is 3.66. The molecule has 0 saturated carbocycles. The minimum atomic E-state index is 0.557. The fraction of sp³-hybridized carbons (Fsp3) is 0.400. The maximum Gasteiger partial charge on any atom is 0.110 e. The first-order chi connectivity index (χ1) is 8.81. The van der Waals surface area contributed by atoms with Crippen molar-refractivity contribution in [3.8, 4) is 0 Å². The van der Waals surface area contributed by atoms with E-state index >= 15 is 0 Å². The second kappa shape index (κ2) is 4.94. The summed E-state index contributed by atoms with van der Waals surface area (Å²) < 4.78 is 2.25. The summed E-state index contributed by atoms with van der Waals surface area (Å²) in [5, 5.41) is 3.63. The SMILES string of the molecule is Cc1ccc(CNC2CCn3ccnc3C2)cc1. The Labute approximate surface area is 108 Å². The highest BCUT2D eigenvalue weighted by Crippen LogP contribution is 2.13. The highest BCUT2D eigenvalue weighted by molar-refractivity contribution is 5.21. The van der Waals surface area contributed by atoms with E-state index in [4.69, 9.17) is 0 Å². The van der Waals surface area contributed by atoms with Crippen LogP contribution >= 0.6 is 0 Å². The van der Waals surface area contributed by atoms with Crippen LogP contribution in [-0.4, -0.2) is 15.6 Å². The van der Waals surface area contributed by atoms with Gasteiger partial charge in [0.05, 0.1) is 0 Å². The molecule has 3 heteroatoms. The van der Waals surface area contributed by atoms with Crippen molar-refractivity contribution in [2.24, 2.45) is 0 Å². The van der Waals surface area contributed by atoms with E-state index in [1.54, 1.807) is 0 Å². The van der Waals surface area contributed by atoms with Crippen LogP contribution in [0.15, 0.2) is 36.7 Å². The Morgan fingerprint density at radius 1 is 1.33 bits per heavy atom. The lowest BCUT2D eigenvalue weighted by molar-refractivity contribution is 0.392. The molecule has 1 aliphatic heterocycles. The van der Waals surface area contributed by atoms with Crippen LogP contribution in [0.2, 0.25) is 0 Å². The smallest absolute Gasteiger partial charge is 0.110 e. The molecule has 0 fully saturated rings. The Morgan fingerprint density at radius 2 is 2.17 bits per heavy atom. The summed E-state index contributed by atoms with van der Waals surface area (Å²) in [6, 6.07) is 9.30. The van der Waals surface area contributed by atoms with E-state index in [-0.39, 0.29) is 0 Å². The molecule has 0 aliphatic carbocycles. The fourth-order valence-electron chi connectivity index (χ4n) is 2.49. The first kappa shape index (κ1) is 11.5. The first-order valence-electron chi connectivity index (χ1n) is 6.60. The van der Waals surface area contributed by atoms with Gasteiger partial charge in [0.1, 0.15) is 5.82 Å². The summed E-state index contributed by atoms with van der Waals surface area (Å²) in [6.07, 6.45) is 6.21. The van der Waals surface area contributed by atoms with Gasteiger partial charge in [-0.15, -0.1) is 0 Å². The molecule has 1 aliphatic rings. The second-order valence-electron chi connectivity index (χ2n) is 5.09.